The van der Waals surface area contributed by atoms with Crippen LogP contribution in [0.25, 0.3) is 10.9 Å². The van der Waals surface area contributed by atoms with E-state index in [1.165, 1.54) is 33.7 Å². The van der Waals surface area contributed by atoms with E-state index in [1.54, 1.807) is 0 Å². The average Bonchev–Trinajstić information content (AvgIpc) is 2.99. The highest BCUT2D eigenvalue weighted by molar-refractivity contribution is 5.84. The van der Waals surface area contributed by atoms with E-state index in [1.807, 2.05) is 33.8 Å². The smallest absolute Gasteiger partial charge is 0.126 e. The number of hydrogen-bond donors (Lipinski definition) is 0. The van der Waals surface area contributed by atoms with Gasteiger partial charge in [-0.25, -0.2) is 4.39 Å². The first-order valence-corrected chi connectivity index (χ1v) is 9.12. The Bertz CT molecular complexity index is 828. The largest absolute Gasteiger partial charge is 0.351 e. The molecule has 0 N–H and O–H groups in total. The third kappa shape index (κ3) is 4.72. The van der Waals surface area contributed by atoms with E-state index >= 15 is 0 Å². The number of hydrogen-bond acceptors (Lipinski definition) is 0. The standard InChI is InChI=1S/C11H13N.C10H13F.C2H6/c1-8-4-5-11-10(9(8)2)6-7-12(11)3;1-4-9-7(2)5-6-10(11)8(9)3;1-2/h4-7H,1-3H3;5-6H,4H2,1-3H3;1-2H3. The average molecular weight is 342 g/mol. The molecule has 2 heteroatoms. The maximum atomic E-state index is 12.9. The van der Waals surface area contributed by atoms with Gasteiger partial charge in [0.15, 0.2) is 0 Å². The molecule has 0 bridgehead atoms. The number of nitrogens with zero attached hydrogens (tertiary/aromatic N) is 1. The molecule has 0 atom stereocenters. The van der Waals surface area contributed by atoms with Gasteiger partial charge in [0.25, 0.3) is 0 Å². The number of rotatable bonds is 1. The molecule has 0 fully saturated rings. The minimum absolute atomic E-state index is 0.0903. The predicted molar refractivity (Wildman–Crippen MR) is 109 cm³/mol. The summed E-state index contributed by atoms with van der Waals surface area (Å²) >= 11 is 0. The zero-order chi connectivity index (χ0) is 19.1. The zero-order valence-corrected chi connectivity index (χ0v) is 17.0. The summed E-state index contributed by atoms with van der Waals surface area (Å²) in [5.74, 6) is -0.0903. The van der Waals surface area contributed by atoms with Crippen molar-refractivity contribution in [3.05, 3.63) is 70.2 Å². The van der Waals surface area contributed by atoms with Crippen molar-refractivity contribution in [1.29, 1.82) is 0 Å². The zero-order valence-electron chi connectivity index (χ0n) is 17.0. The first-order chi connectivity index (χ1) is 11.9. The molecule has 25 heavy (non-hydrogen) atoms. The molecule has 0 aliphatic carbocycles. The third-order valence-corrected chi connectivity index (χ3v) is 4.73. The summed E-state index contributed by atoms with van der Waals surface area (Å²) in [6, 6.07) is 9.90. The maximum absolute atomic E-state index is 12.9. The van der Waals surface area contributed by atoms with Crippen molar-refractivity contribution in [3.63, 3.8) is 0 Å². The summed E-state index contributed by atoms with van der Waals surface area (Å²) < 4.78 is 15.1. The molecule has 136 valence electrons. The molecule has 3 rings (SSSR count). The third-order valence-electron chi connectivity index (χ3n) is 4.73. The molecule has 0 saturated heterocycles. The van der Waals surface area contributed by atoms with E-state index in [9.17, 15) is 4.39 Å². The fourth-order valence-electron chi connectivity index (χ4n) is 3.02. The van der Waals surface area contributed by atoms with Crippen LogP contribution in [0.15, 0.2) is 36.5 Å². The fourth-order valence-corrected chi connectivity index (χ4v) is 3.02. The predicted octanol–water partition coefficient (Wildman–Crippen LogP) is 6.83. The SMILES string of the molecule is CC.CCc1c(C)ccc(F)c1C.Cc1ccc2c(ccn2C)c1C. The lowest BCUT2D eigenvalue weighted by Gasteiger charge is -2.07. The number of fused-ring (bicyclic) bond motifs is 1. The first-order valence-electron chi connectivity index (χ1n) is 9.12. The summed E-state index contributed by atoms with van der Waals surface area (Å²) in [5.41, 5.74) is 7.21. The van der Waals surface area contributed by atoms with Crippen LogP contribution in [0.2, 0.25) is 0 Å². The second kappa shape index (κ2) is 9.41. The van der Waals surface area contributed by atoms with Crippen LogP contribution < -0.4 is 0 Å². The lowest BCUT2D eigenvalue weighted by Crippen LogP contribution is -1.94. The van der Waals surface area contributed by atoms with E-state index in [2.05, 4.69) is 56.8 Å². The number of aromatic nitrogens is 1. The molecule has 0 spiro atoms. The van der Waals surface area contributed by atoms with Crippen LogP contribution in [0, 0.1) is 33.5 Å². The molecule has 0 aliphatic heterocycles. The van der Waals surface area contributed by atoms with Crippen LogP contribution in [0.4, 0.5) is 4.39 Å². The Kier molecular flexibility index (Phi) is 7.89. The molecular weight excluding hydrogens is 309 g/mol. The molecular formula is C23H32FN. The second-order valence-electron chi connectivity index (χ2n) is 6.19. The van der Waals surface area contributed by atoms with Crippen molar-refractivity contribution in [3.8, 4) is 0 Å². The van der Waals surface area contributed by atoms with E-state index in [-0.39, 0.29) is 5.82 Å². The molecule has 1 aromatic heterocycles. The molecule has 3 aromatic rings. The van der Waals surface area contributed by atoms with Crippen molar-refractivity contribution >= 4 is 10.9 Å². The highest BCUT2D eigenvalue weighted by atomic mass is 19.1. The van der Waals surface area contributed by atoms with Crippen LogP contribution >= 0.6 is 0 Å². The molecule has 0 aliphatic rings. The molecule has 0 radical (unpaired) electrons. The van der Waals surface area contributed by atoms with Crippen molar-refractivity contribution in [2.75, 3.05) is 0 Å². The maximum Gasteiger partial charge on any atom is 0.126 e. The van der Waals surface area contributed by atoms with Gasteiger partial charge in [0.2, 0.25) is 0 Å². The molecule has 0 amide bonds. The normalized spacial score (nSPS) is 9.96. The van der Waals surface area contributed by atoms with E-state index < -0.39 is 0 Å². The summed E-state index contributed by atoms with van der Waals surface area (Å²) in [5, 5.41) is 1.37. The minimum atomic E-state index is -0.0903. The van der Waals surface area contributed by atoms with Crippen LogP contribution in [0.5, 0.6) is 0 Å². The number of aryl methyl sites for hydroxylation is 4. The Hall–Kier alpha value is -2.09. The number of halogens is 1. The van der Waals surface area contributed by atoms with Gasteiger partial charge in [-0.1, -0.05) is 32.9 Å². The summed E-state index contributed by atoms with van der Waals surface area (Å²) in [6.07, 6.45) is 3.02. The Morgan fingerprint density at radius 3 is 2.00 bits per heavy atom. The highest BCUT2D eigenvalue weighted by Gasteiger charge is 2.04. The molecule has 2 aromatic carbocycles. The van der Waals surface area contributed by atoms with E-state index in [0.717, 1.165) is 17.5 Å². The van der Waals surface area contributed by atoms with Gasteiger partial charge in [0.1, 0.15) is 5.82 Å². The molecule has 0 saturated carbocycles. The van der Waals surface area contributed by atoms with Gasteiger partial charge in [-0.2, -0.15) is 0 Å². The van der Waals surface area contributed by atoms with E-state index in [4.69, 9.17) is 0 Å². The number of benzene rings is 2. The molecule has 1 heterocycles. The molecule has 0 unspecified atom stereocenters. The summed E-state index contributed by atoms with van der Waals surface area (Å²) in [4.78, 5) is 0. The van der Waals surface area contributed by atoms with Crippen molar-refractivity contribution in [1.82, 2.24) is 4.57 Å². The van der Waals surface area contributed by atoms with Crippen molar-refractivity contribution in [2.24, 2.45) is 7.05 Å². The topological polar surface area (TPSA) is 4.93 Å². The van der Waals surface area contributed by atoms with Crippen LogP contribution in [-0.4, -0.2) is 4.57 Å². The quantitative estimate of drug-likeness (QED) is 0.457. The Balaban J connectivity index is 0.000000229. The van der Waals surface area contributed by atoms with Gasteiger partial charge in [-0.15, -0.1) is 0 Å². The van der Waals surface area contributed by atoms with Gasteiger partial charge in [-0.3, -0.25) is 0 Å². The Morgan fingerprint density at radius 1 is 0.840 bits per heavy atom. The summed E-state index contributed by atoms with van der Waals surface area (Å²) in [6.45, 7) is 14.2. The van der Waals surface area contributed by atoms with Crippen LogP contribution in [-0.2, 0) is 13.5 Å². The lowest BCUT2D eigenvalue weighted by atomic mass is 10.0. The van der Waals surface area contributed by atoms with Gasteiger partial charge < -0.3 is 4.57 Å². The van der Waals surface area contributed by atoms with Crippen LogP contribution in [0.3, 0.4) is 0 Å². The lowest BCUT2D eigenvalue weighted by molar-refractivity contribution is 0.615. The monoisotopic (exact) mass is 341 g/mol. The van der Waals surface area contributed by atoms with Crippen molar-refractivity contribution < 1.29 is 4.39 Å². The van der Waals surface area contributed by atoms with Crippen LogP contribution in [0.1, 0.15) is 48.6 Å². The van der Waals surface area contributed by atoms with Gasteiger partial charge in [0, 0.05) is 24.1 Å². The first kappa shape index (κ1) is 21.0. The Labute approximate surface area is 152 Å². The molecule has 1 nitrogen and oxygen atoms in total. The van der Waals surface area contributed by atoms with Crippen molar-refractivity contribution in [2.45, 2.75) is 54.9 Å². The van der Waals surface area contributed by atoms with Gasteiger partial charge >= 0.3 is 0 Å². The van der Waals surface area contributed by atoms with E-state index in [0.29, 0.717) is 0 Å². The Morgan fingerprint density at radius 2 is 1.44 bits per heavy atom. The summed E-state index contributed by atoms with van der Waals surface area (Å²) in [7, 11) is 2.08. The fraction of sp³-hybridized carbons (Fsp3) is 0.391. The highest BCUT2D eigenvalue weighted by Crippen LogP contribution is 2.21. The second-order valence-corrected chi connectivity index (χ2v) is 6.19. The minimum Gasteiger partial charge on any atom is -0.351 e. The van der Waals surface area contributed by atoms with Gasteiger partial charge in [0.05, 0.1) is 0 Å². The van der Waals surface area contributed by atoms with Gasteiger partial charge in [-0.05, 0) is 80.1 Å².